The molecule has 0 aliphatic heterocycles. The molecule has 21 heavy (non-hydrogen) atoms. The minimum atomic E-state index is -1.01. The zero-order valence-electron chi connectivity index (χ0n) is 11.4. The highest BCUT2D eigenvalue weighted by Crippen LogP contribution is 2.10. The molecule has 0 bridgehead atoms. The van der Waals surface area contributed by atoms with Crippen LogP contribution in [-0.4, -0.2) is 15.6 Å². The predicted molar refractivity (Wildman–Crippen MR) is 71.5 cm³/mol. The van der Waals surface area contributed by atoms with Crippen molar-refractivity contribution in [1.29, 1.82) is 0 Å². The summed E-state index contributed by atoms with van der Waals surface area (Å²) < 4.78 is 27.1. The van der Waals surface area contributed by atoms with Crippen LogP contribution in [0.4, 0.5) is 8.78 Å². The SMILES string of the molecule is Cc1c(C)c(=O)n(CC(=O)c2ccc(F)cc2F)[nH]c1=O. The van der Waals surface area contributed by atoms with Gasteiger partial charge < -0.3 is 0 Å². The summed E-state index contributed by atoms with van der Waals surface area (Å²) in [6.07, 6.45) is 0. The molecule has 1 aromatic heterocycles. The van der Waals surface area contributed by atoms with Crippen LogP contribution in [0.25, 0.3) is 0 Å². The molecule has 0 fully saturated rings. The van der Waals surface area contributed by atoms with Gasteiger partial charge in [0.15, 0.2) is 5.78 Å². The highest BCUT2D eigenvalue weighted by atomic mass is 19.1. The monoisotopic (exact) mass is 294 g/mol. The minimum Gasteiger partial charge on any atom is -0.292 e. The zero-order valence-corrected chi connectivity index (χ0v) is 11.4. The third-order valence-corrected chi connectivity index (χ3v) is 3.24. The summed E-state index contributed by atoms with van der Waals surface area (Å²) in [4.78, 5) is 35.5. The smallest absolute Gasteiger partial charge is 0.268 e. The summed E-state index contributed by atoms with van der Waals surface area (Å²) in [5, 5.41) is 2.25. The molecule has 0 amide bonds. The van der Waals surface area contributed by atoms with Crippen LogP contribution in [0.15, 0.2) is 27.8 Å². The summed E-state index contributed by atoms with van der Waals surface area (Å²) in [6, 6.07) is 2.53. The number of halogens is 2. The fraction of sp³-hybridized carbons (Fsp3) is 0.214. The lowest BCUT2D eigenvalue weighted by atomic mass is 10.1. The maximum Gasteiger partial charge on any atom is 0.268 e. The van der Waals surface area contributed by atoms with E-state index in [9.17, 15) is 23.2 Å². The Labute approximate surface area is 117 Å². The molecule has 0 radical (unpaired) electrons. The highest BCUT2D eigenvalue weighted by Gasteiger charge is 2.15. The summed E-state index contributed by atoms with van der Waals surface area (Å²) in [6.45, 7) is 2.42. The van der Waals surface area contributed by atoms with Gasteiger partial charge in [0.2, 0.25) is 0 Å². The van der Waals surface area contributed by atoms with Crippen molar-refractivity contribution in [3.8, 4) is 0 Å². The first kappa shape index (κ1) is 14.8. The van der Waals surface area contributed by atoms with Gasteiger partial charge in [-0.05, 0) is 26.0 Å². The van der Waals surface area contributed by atoms with Crippen LogP contribution in [0.1, 0.15) is 21.5 Å². The maximum absolute atomic E-state index is 13.5. The van der Waals surface area contributed by atoms with Gasteiger partial charge in [-0.25, -0.2) is 13.5 Å². The van der Waals surface area contributed by atoms with Gasteiger partial charge in [0.1, 0.15) is 18.2 Å². The zero-order chi connectivity index (χ0) is 15.7. The van der Waals surface area contributed by atoms with E-state index in [0.717, 1.165) is 16.8 Å². The maximum atomic E-state index is 13.5. The molecule has 2 aromatic rings. The molecule has 0 saturated heterocycles. The van der Waals surface area contributed by atoms with Gasteiger partial charge in [-0.15, -0.1) is 0 Å². The van der Waals surface area contributed by atoms with E-state index in [1.807, 2.05) is 0 Å². The van der Waals surface area contributed by atoms with Crippen LogP contribution in [-0.2, 0) is 6.54 Å². The van der Waals surface area contributed by atoms with E-state index < -0.39 is 35.1 Å². The van der Waals surface area contributed by atoms with E-state index in [0.29, 0.717) is 6.07 Å². The number of aromatic nitrogens is 2. The lowest BCUT2D eigenvalue weighted by Gasteiger charge is -2.08. The normalized spacial score (nSPS) is 10.7. The number of Topliss-reactive ketones (excluding diaryl/α,β-unsaturated/α-hetero) is 1. The molecule has 0 unspecified atom stereocenters. The van der Waals surface area contributed by atoms with Crippen LogP contribution in [0.3, 0.4) is 0 Å². The lowest BCUT2D eigenvalue weighted by Crippen LogP contribution is -2.35. The van der Waals surface area contributed by atoms with E-state index >= 15 is 0 Å². The molecule has 0 saturated carbocycles. The molecule has 1 N–H and O–H groups in total. The molecule has 7 heteroatoms. The van der Waals surface area contributed by atoms with Crippen LogP contribution < -0.4 is 11.1 Å². The number of hydrogen-bond donors (Lipinski definition) is 1. The Hall–Kier alpha value is -2.57. The molecule has 110 valence electrons. The van der Waals surface area contributed by atoms with Gasteiger partial charge in [0, 0.05) is 17.2 Å². The summed E-state index contributed by atoms with van der Waals surface area (Å²) in [5.41, 5.74) is -0.910. The topological polar surface area (TPSA) is 71.9 Å². The van der Waals surface area contributed by atoms with Crippen molar-refractivity contribution < 1.29 is 13.6 Å². The first-order valence-electron chi connectivity index (χ1n) is 6.10. The largest absolute Gasteiger partial charge is 0.292 e. The Kier molecular flexibility index (Phi) is 3.84. The number of nitrogens with zero attached hydrogens (tertiary/aromatic N) is 1. The average Bonchev–Trinajstić information content (AvgIpc) is 2.42. The summed E-state index contributed by atoms with van der Waals surface area (Å²) in [5.74, 6) is -2.56. The Morgan fingerprint density at radius 3 is 2.48 bits per heavy atom. The molecule has 2 rings (SSSR count). The molecule has 5 nitrogen and oxygen atoms in total. The number of carbonyl (C=O) groups excluding carboxylic acids is 1. The molecule has 1 aromatic carbocycles. The number of carbonyl (C=O) groups is 1. The number of H-pyrrole nitrogens is 1. The van der Waals surface area contributed by atoms with Crippen molar-refractivity contribution in [3.05, 3.63) is 67.2 Å². The van der Waals surface area contributed by atoms with Crippen LogP contribution in [0.5, 0.6) is 0 Å². The van der Waals surface area contributed by atoms with Crippen molar-refractivity contribution >= 4 is 5.78 Å². The van der Waals surface area contributed by atoms with Crippen molar-refractivity contribution in [3.63, 3.8) is 0 Å². The third-order valence-electron chi connectivity index (χ3n) is 3.24. The molecule has 0 atom stereocenters. The van der Waals surface area contributed by atoms with Crippen molar-refractivity contribution in [2.24, 2.45) is 0 Å². The van der Waals surface area contributed by atoms with Crippen LogP contribution in [0.2, 0.25) is 0 Å². The van der Waals surface area contributed by atoms with E-state index in [1.54, 1.807) is 0 Å². The Morgan fingerprint density at radius 1 is 1.19 bits per heavy atom. The van der Waals surface area contributed by atoms with Gasteiger partial charge in [0.05, 0.1) is 5.56 Å². The molecular formula is C14H12F2N2O3. The molecule has 0 aliphatic rings. The first-order valence-corrected chi connectivity index (χ1v) is 6.10. The van der Waals surface area contributed by atoms with Crippen LogP contribution >= 0.6 is 0 Å². The van der Waals surface area contributed by atoms with Crippen LogP contribution in [0, 0.1) is 25.5 Å². The Morgan fingerprint density at radius 2 is 1.86 bits per heavy atom. The Balaban J connectivity index is 2.41. The predicted octanol–water partition coefficient (Wildman–Crippen LogP) is 1.31. The van der Waals surface area contributed by atoms with Crippen molar-refractivity contribution in [1.82, 2.24) is 9.78 Å². The van der Waals surface area contributed by atoms with E-state index in [4.69, 9.17) is 0 Å². The number of aromatic amines is 1. The molecule has 0 spiro atoms. The van der Waals surface area contributed by atoms with Crippen molar-refractivity contribution in [2.75, 3.05) is 0 Å². The fourth-order valence-electron chi connectivity index (χ4n) is 1.85. The molecular weight excluding hydrogens is 282 g/mol. The second kappa shape index (κ2) is 5.43. The number of benzene rings is 1. The number of nitrogens with one attached hydrogen (secondary N) is 1. The second-order valence-corrected chi connectivity index (χ2v) is 4.63. The van der Waals surface area contributed by atoms with Crippen molar-refractivity contribution in [2.45, 2.75) is 20.4 Å². The standard InChI is InChI=1S/C14H12F2N2O3/c1-7-8(2)14(21)18(17-13(7)20)6-12(19)10-4-3-9(15)5-11(10)16/h3-5H,6H2,1-2H3,(H,17,20). The molecule has 0 aliphatic carbocycles. The average molecular weight is 294 g/mol. The minimum absolute atomic E-state index is 0.214. The summed E-state index contributed by atoms with van der Waals surface area (Å²) in [7, 11) is 0. The second-order valence-electron chi connectivity index (χ2n) is 4.63. The van der Waals surface area contributed by atoms with Gasteiger partial charge in [-0.1, -0.05) is 0 Å². The quantitative estimate of drug-likeness (QED) is 0.868. The van der Waals surface area contributed by atoms with Gasteiger partial charge in [-0.2, -0.15) is 0 Å². The lowest BCUT2D eigenvalue weighted by molar-refractivity contribution is 0.0961. The highest BCUT2D eigenvalue weighted by molar-refractivity contribution is 5.96. The number of hydrogen-bond acceptors (Lipinski definition) is 3. The fourth-order valence-corrected chi connectivity index (χ4v) is 1.85. The number of rotatable bonds is 3. The van der Waals surface area contributed by atoms with E-state index in [1.165, 1.54) is 13.8 Å². The molecule has 1 heterocycles. The van der Waals surface area contributed by atoms with Gasteiger partial charge >= 0.3 is 0 Å². The third kappa shape index (κ3) is 2.81. The van der Waals surface area contributed by atoms with Gasteiger partial charge in [0.25, 0.3) is 11.1 Å². The van der Waals surface area contributed by atoms with E-state index in [2.05, 4.69) is 5.10 Å². The number of ketones is 1. The van der Waals surface area contributed by atoms with Gasteiger partial charge in [-0.3, -0.25) is 19.5 Å². The first-order chi connectivity index (χ1) is 9.81. The summed E-state index contributed by atoms with van der Waals surface area (Å²) >= 11 is 0. The van der Waals surface area contributed by atoms with E-state index in [-0.39, 0.29) is 16.7 Å². The Bertz CT molecular complexity index is 837.